The topological polar surface area (TPSA) is 32.8 Å². The highest BCUT2D eigenvalue weighted by Gasteiger charge is 2.43. The molecule has 0 saturated carbocycles. The average molecular weight is 162 g/mol. The first-order valence-corrected chi connectivity index (χ1v) is 4.30. The Morgan fingerprint density at radius 2 is 2.08 bits per heavy atom. The van der Waals surface area contributed by atoms with Crippen molar-refractivity contribution >= 4 is 0 Å². The van der Waals surface area contributed by atoms with Gasteiger partial charge in [0.25, 0.3) is 0 Å². The quantitative estimate of drug-likeness (QED) is 0.582. The molecule has 1 aromatic carbocycles. The molecule has 1 N–H and O–H groups in total. The van der Waals surface area contributed by atoms with E-state index in [0.29, 0.717) is 18.0 Å². The fourth-order valence-electron chi connectivity index (χ4n) is 2.00. The maximum absolute atomic E-state index is 9.54. The van der Waals surface area contributed by atoms with E-state index in [9.17, 15) is 5.11 Å². The van der Waals surface area contributed by atoms with Gasteiger partial charge in [0.2, 0.25) is 0 Å². The molecule has 2 nitrogen and oxygen atoms in total. The molecule has 2 aliphatic rings. The molecule has 1 saturated heterocycles. The van der Waals surface area contributed by atoms with Crippen molar-refractivity contribution < 1.29 is 9.84 Å². The minimum atomic E-state index is 0.394. The molecule has 2 atom stereocenters. The minimum Gasteiger partial charge on any atom is -0.508 e. The summed E-state index contributed by atoms with van der Waals surface area (Å²) in [6.45, 7) is 0. The van der Waals surface area contributed by atoms with Crippen molar-refractivity contribution in [3.05, 3.63) is 29.3 Å². The number of phenols is 1. The molecule has 0 aromatic heterocycles. The summed E-state index contributed by atoms with van der Waals surface area (Å²) in [6.07, 6.45) is 2.71. The third-order valence-corrected chi connectivity index (χ3v) is 2.76. The smallest absolute Gasteiger partial charge is 0.119 e. The monoisotopic (exact) mass is 162 g/mol. The van der Waals surface area contributed by atoms with Gasteiger partial charge < -0.3 is 9.84 Å². The molecule has 2 heteroatoms. The number of hydrogen-bond donors (Lipinski definition) is 1. The second-order valence-electron chi connectivity index (χ2n) is 3.54. The number of hydrogen-bond acceptors (Lipinski definition) is 2. The van der Waals surface area contributed by atoms with Crippen molar-refractivity contribution in [1.29, 1.82) is 0 Å². The molecule has 1 heterocycles. The molecule has 1 aromatic rings. The van der Waals surface area contributed by atoms with Crippen LogP contribution in [0.1, 0.15) is 11.1 Å². The molecule has 0 amide bonds. The van der Waals surface area contributed by atoms with Gasteiger partial charge >= 0.3 is 0 Å². The zero-order chi connectivity index (χ0) is 8.13. The van der Waals surface area contributed by atoms with Gasteiger partial charge in [-0.15, -0.1) is 0 Å². The Balaban J connectivity index is 2.11. The van der Waals surface area contributed by atoms with Crippen molar-refractivity contribution in [3.63, 3.8) is 0 Å². The van der Waals surface area contributed by atoms with Crippen LogP contribution in [0.15, 0.2) is 18.2 Å². The van der Waals surface area contributed by atoms with Crippen LogP contribution in [0.2, 0.25) is 0 Å². The van der Waals surface area contributed by atoms with Gasteiger partial charge in [-0.1, -0.05) is 12.1 Å². The summed E-state index contributed by atoms with van der Waals surface area (Å²) in [5, 5.41) is 9.54. The summed E-state index contributed by atoms with van der Waals surface area (Å²) in [5.74, 6) is 0.432. The second-order valence-corrected chi connectivity index (χ2v) is 3.54. The van der Waals surface area contributed by atoms with Gasteiger partial charge in [-0.05, 0) is 17.2 Å². The number of rotatable bonds is 0. The van der Waals surface area contributed by atoms with Crippen LogP contribution >= 0.6 is 0 Å². The standard InChI is InChI=1S/C10H10O2/c11-8-3-1-2-6-4-9-10(12-9)5-7(6)8/h1-3,9-11H,4-5H2. The maximum Gasteiger partial charge on any atom is 0.119 e. The van der Waals surface area contributed by atoms with Crippen LogP contribution in [0.3, 0.4) is 0 Å². The number of ether oxygens (including phenoxy) is 1. The lowest BCUT2D eigenvalue weighted by molar-refractivity contribution is 0.374. The van der Waals surface area contributed by atoms with Crippen molar-refractivity contribution in [2.45, 2.75) is 25.0 Å². The van der Waals surface area contributed by atoms with Crippen LogP contribution in [-0.4, -0.2) is 17.3 Å². The van der Waals surface area contributed by atoms with Crippen LogP contribution in [0.4, 0.5) is 0 Å². The summed E-state index contributed by atoms with van der Waals surface area (Å²) in [4.78, 5) is 0. The van der Waals surface area contributed by atoms with E-state index in [1.807, 2.05) is 6.07 Å². The highest BCUT2D eigenvalue weighted by atomic mass is 16.6. The van der Waals surface area contributed by atoms with Crippen LogP contribution in [0.25, 0.3) is 0 Å². The first kappa shape index (κ1) is 6.49. The molecule has 0 bridgehead atoms. The predicted molar refractivity (Wildman–Crippen MR) is 44.2 cm³/mol. The van der Waals surface area contributed by atoms with E-state index in [1.54, 1.807) is 6.07 Å². The fraction of sp³-hybridized carbons (Fsp3) is 0.400. The van der Waals surface area contributed by atoms with Crippen molar-refractivity contribution in [2.24, 2.45) is 0 Å². The molecule has 1 aliphatic carbocycles. The van der Waals surface area contributed by atoms with Gasteiger partial charge in [0, 0.05) is 12.8 Å². The van der Waals surface area contributed by atoms with Gasteiger partial charge in [-0.2, -0.15) is 0 Å². The Morgan fingerprint density at radius 1 is 1.25 bits per heavy atom. The third-order valence-electron chi connectivity index (χ3n) is 2.76. The number of epoxide rings is 1. The molecule has 0 radical (unpaired) electrons. The Kier molecular flexibility index (Phi) is 1.09. The number of aromatic hydroxyl groups is 1. The molecular weight excluding hydrogens is 152 g/mol. The predicted octanol–water partition coefficient (Wildman–Crippen LogP) is 1.26. The molecule has 62 valence electrons. The summed E-state index contributed by atoms with van der Waals surface area (Å²) in [7, 11) is 0. The van der Waals surface area contributed by atoms with Crippen molar-refractivity contribution in [1.82, 2.24) is 0 Å². The minimum absolute atomic E-state index is 0.394. The summed E-state index contributed by atoms with van der Waals surface area (Å²) < 4.78 is 5.40. The van der Waals surface area contributed by atoms with Crippen molar-refractivity contribution in [2.75, 3.05) is 0 Å². The Morgan fingerprint density at radius 3 is 3.00 bits per heavy atom. The molecule has 1 fully saturated rings. The van der Waals surface area contributed by atoms with Gasteiger partial charge in [0.15, 0.2) is 0 Å². The third kappa shape index (κ3) is 0.786. The molecule has 0 spiro atoms. The second kappa shape index (κ2) is 2.02. The molecule has 12 heavy (non-hydrogen) atoms. The van der Waals surface area contributed by atoms with E-state index in [2.05, 4.69) is 6.07 Å². The Bertz CT molecular complexity index is 333. The van der Waals surface area contributed by atoms with E-state index < -0.39 is 0 Å². The first-order chi connectivity index (χ1) is 5.84. The zero-order valence-corrected chi connectivity index (χ0v) is 6.66. The van der Waals surface area contributed by atoms with E-state index >= 15 is 0 Å². The molecular formula is C10H10O2. The molecule has 1 aliphatic heterocycles. The number of benzene rings is 1. The average Bonchev–Trinajstić information content (AvgIpc) is 2.79. The lowest BCUT2D eigenvalue weighted by atomic mass is 9.91. The highest BCUT2D eigenvalue weighted by Crippen LogP contribution is 2.38. The van der Waals surface area contributed by atoms with Crippen LogP contribution in [0.5, 0.6) is 5.75 Å². The van der Waals surface area contributed by atoms with E-state index in [4.69, 9.17) is 4.74 Å². The summed E-state index contributed by atoms with van der Waals surface area (Å²) in [5.41, 5.74) is 2.35. The molecule has 2 unspecified atom stereocenters. The number of phenolic OH excluding ortho intramolecular Hbond substituents is 1. The number of fused-ring (bicyclic) bond motifs is 2. The largest absolute Gasteiger partial charge is 0.508 e. The SMILES string of the molecule is Oc1cccc2c1CC1OC1C2. The fourth-order valence-corrected chi connectivity index (χ4v) is 2.00. The Hall–Kier alpha value is -1.02. The summed E-state index contributed by atoms with van der Waals surface area (Å²) in [6, 6.07) is 5.73. The van der Waals surface area contributed by atoms with Crippen LogP contribution in [-0.2, 0) is 17.6 Å². The Labute approximate surface area is 70.8 Å². The molecule has 3 rings (SSSR count). The van der Waals surface area contributed by atoms with Gasteiger partial charge in [-0.25, -0.2) is 0 Å². The first-order valence-electron chi connectivity index (χ1n) is 4.30. The normalized spacial score (nSPS) is 30.7. The van der Waals surface area contributed by atoms with Gasteiger partial charge in [-0.3, -0.25) is 0 Å². The summed E-state index contributed by atoms with van der Waals surface area (Å²) >= 11 is 0. The lowest BCUT2D eigenvalue weighted by Gasteiger charge is -2.12. The van der Waals surface area contributed by atoms with Crippen LogP contribution < -0.4 is 0 Å². The van der Waals surface area contributed by atoms with Crippen molar-refractivity contribution in [3.8, 4) is 5.75 Å². The van der Waals surface area contributed by atoms with Gasteiger partial charge in [0.05, 0.1) is 12.2 Å². The van der Waals surface area contributed by atoms with E-state index in [-0.39, 0.29) is 0 Å². The highest BCUT2D eigenvalue weighted by molar-refractivity contribution is 5.43. The van der Waals surface area contributed by atoms with E-state index in [0.717, 1.165) is 18.4 Å². The van der Waals surface area contributed by atoms with Crippen LogP contribution in [0, 0.1) is 0 Å². The van der Waals surface area contributed by atoms with Gasteiger partial charge in [0.1, 0.15) is 5.75 Å². The van der Waals surface area contributed by atoms with E-state index in [1.165, 1.54) is 5.56 Å². The lowest BCUT2D eigenvalue weighted by Crippen LogP contribution is -2.11. The zero-order valence-electron chi connectivity index (χ0n) is 6.66. The maximum atomic E-state index is 9.54.